The Kier molecular flexibility index (Phi) is 4.19. The molecule has 2 aromatic heterocycles. The van der Waals surface area contributed by atoms with Gasteiger partial charge in [-0.25, -0.2) is 0 Å². The van der Waals surface area contributed by atoms with Crippen LogP contribution in [0.4, 0.5) is 0 Å². The highest BCUT2D eigenvalue weighted by Gasteiger charge is 2.14. The maximum absolute atomic E-state index is 11.7. The summed E-state index contributed by atoms with van der Waals surface area (Å²) in [5, 5.41) is 4.53. The normalized spacial score (nSPS) is 10.5. The summed E-state index contributed by atoms with van der Waals surface area (Å²) in [5.74, 6) is -0.339. The smallest absolute Gasteiger partial charge is 0.327 e. The molecule has 5 nitrogen and oxygen atoms in total. The Balaban J connectivity index is 2.06. The Hall–Kier alpha value is -2.95. The Morgan fingerprint density at radius 2 is 1.91 bits per heavy atom. The molecule has 0 atom stereocenters. The summed E-state index contributed by atoms with van der Waals surface area (Å²) >= 11 is 0. The Morgan fingerprint density at radius 1 is 1.13 bits per heavy atom. The van der Waals surface area contributed by atoms with Crippen LogP contribution in [0.2, 0.25) is 0 Å². The largest absolute Gasteiger partial charge is 0.468 e. The van der Waals surface area contributed by atoms with Crippen molar-refractivity contribution in [1.29, 1.82) is 0 Å². The molecule has 0 saturated carbocycles. The summed E-state index contributed by atoms with van der Waals surface area (Å²) in [6.45, 7) is 2.05. The number of ether oxygens (including phenoxy) is 1. The van der Waals surface area contributed by atoms with Crippen LogP contribution in [-0.4, -0.2) is 27.8 Å². The number of aromatic nitrogens is 3. The lowest BCUT2D eigenvalue weighted by molar-refractivity contribution is -0.141. The van der Waals surface area contributed by atoms with Gasteiger partial charge in [-0.2, -0.15) is 5.10 Å². The maximum atomic E-state index is 11.7. The van der Waals surface area contributed by atoms with Crippen LogP contribution in [0.5, 0.6) is 0 Å². The first kappa shape index (κ1) is 15.0. The van der Waals surface area contributed by atoms with Gasteiger partial charge in [-0.05, 0) is 30.2 Å². The second-order valence-electron chi connectivity index (χ2n) is 5.24. The molecule has 0 aliphatic rings. The standard InChI is InChI=1S/C18H17N3O2/c1-13-8-9-15(19-11-13)16-10-17(14-6-4-3-5-7-14)21(20-16)12-18(22)23-2/h3-11H,12H2,1-2H3. The van der Waals surface area contributed by atoms with Crippen LogP contribution in [0.1, 0.15) is 5.56 Å². The average molecular weight is 307 g/mol. The minimum absolute atomic E-state index is 0.0621. The predicted molar refractivity (Wildman–Crippen MR) is 87.6 cm³/mol. The van der Waals surface area contributed by atoms with Gasteiger partial charge < -0.3 is 4.74 Å². The maximum Gasteiger partial charge on any atom is 0.327 e. The second-order valence-corrected chi connectivity index (χ2v) is 5.24. The van der Waals surface area contributed by atoms with Gasteiger partial charge in [0.05, 0.1) is 18.5 Å². The number of carbonyl (C=O) groups is 1. The van der Waals surface area contributed by atoms with Gasteiger partial charge in [0.15, 0.2) is 0 Å². The molecule has 0 N–H and O–H groups in total. The molecule has 0 bridgehead atoms. The van der Waals surface area contributed by atoms with E-state index in [4.69, 9.17) is 4.74 Å². The Morgan fingerprint density at radius 3 is 2.57 bits per heavy atom. The molecule has 0 aliphatic carbocycles. The van der Waals surface area contributed by atoms with E-state index in [1.807, 2.05) is 55.5 Å². The fourth-order valence-electron chi connectivity index (χ4n) is 2.31. The average Bonchev–Trinajstić information content (AvgIpc) is 3.00. The molecule has 0 fully saturated rings. The molecule has 0 unspecified atom stereocenters. The fourth-order valence-corrected chi connectivity index (χ4v) is 2.31. The number of benzene rings is 1. The zero-order chi connectivity index (χ0) is 16.2. The molecular weight excluding hydrogens is 290 g/mol. The first-order valence-corrected chi connectivity index (χ1v) is 7.30. The number of hydrogen-bond donors (Lipinski definition) is 0. The van der Waals surface area contributed by atoms with Gasteiger partial charge >= 0.3 is 5.97 Å². The van der Waals surface area contributed by atoms with Gasteiger partial charge in [-0.3, -0.25) is 14.5 Å². The molecule has 0 radical (unpaired) electrons. The summed E-state index contributed by atoms with van der Waals surface area (Å²) in [7, 11) is 1.37. The van der Waals surface area contributed by atoms with E-state index in [0.29, 0.717) is 0 Å². The van der Waals surface area contributed by atoms with E-state index in [-0.39, 0.29) is 12.5 Å². The molecule has 116 valence electrons. The van der Waals surface area contributed by atoms with E-state index in [0.717, 1.165) is 28.2 Å². The summed E-state index contributed by atoms with van der Waals surface area (Å²) in [6, 6.07) is 15.7. The third kappa shape index (κ3) is 3.29. The van der Waals surface area contributed by atoms with Crippen molar-refractivity contribution in [3.63, 3.8) is 0 Å². The van der Waals surface area contributed by atoms with E-state index < -0.39 is 0 Å². The molecule has 3 aromatic rings. The zero-order valence-electron chi connectivity index (χ0n) is 13.1. The number of esters is 1. The summed E-state index contributed by atoms with van der Waals surface area (Å²) in [4.78, 5) is 16.1. The summed E-state index contributed by atoms with van der Waals surface area (Å²) < 4.78 is 6.41. The lowest BCUT2D eigenvalue weighted by Crippen LogP contribution is -2.13. The summed E-state index contributed by atoms with van der Waals surface area (Å²) in [6.07, 6.45) is 1.80. The molecule has 23 heavy (non-hydrogen) atoms. The minimum atomic E-state index is -0.339. The molecule has 5 heteroatoms. The quantitative estimate of drug-likeness (QED) is 0.695. The zero-order valence-corrected chi connectivity index (χ0v) is 13.1. The monoisotopic (exact) mass is 307 g/mol. The molecule has 0 aliphatic heterocycles. The van der Waals surface area contributed by atoms with E-state index in [1.54, 1.807) is 10.9 Å². The fraction of sp³-hybridized carbons (Fsp3) is 0.167. The number of carbonyl (C=O) groups excluding carboxylic acids is 1. The van der Waals surface area contributed by atoms with Gasteiger partial charge in [0.1, 0.15) is 12.2 Å². The second kappa shape index (κ2) is 6.44. The van der Waals surface area contributed by atoms with Crippen LogP contribution in [0.25, 0.3) is 22.6 Å². The number of methoxy groups -OCH3 is 1. The van der Waals surface area contributed by atoms with Gasteiger partial charge in [0.25, 0.3) is 0 Å². The van der Waals surface area contributed by atoms with Crippen molar-refractivity contribution in [2.45, 2.75) is 13.5 Å². The topological polar surface area (TPSA) is 57.0 Å². The van der Waals surface area contributed by atoms with Crippen LogP contribution < -0.4 is 0 Å². The first-order chi connectivity index (χ1) is 11.2. The van der Waals surface area contributed by atoms with Crippen molar-refractivity contribution in [2.75, 3.05) is 7.11 Å². The van der Waals surface area contributed by atoms with Crippen LogP contribution in [-0.2, 0) is 16.1 Å². The van der Waals surface area contributed by atoms with E-state index >= 15 is 0 Å². The van der Waals surface area contributed by atoms with Crippen molar-refractivity contribution >= 4 is 5.97 Å². The van der Waals surface area contributed by atoms with Crippen molar-refractivity contribution in [3.8, 4) is 22.6 Å². The lowest BCUT2D eigenvalue weighted by Gasteiger charge is -2.05. The van der Waals surface area contributed by atoms with E-state index in [2.05, 4.69) is 10.1 Å². The number of hydrogen-bond acceptors (Lipinski definition) is 4. The van der Waals surface area contributed by atoms with E-state index in [9.17, 15) is 4.79 Å². The van der Waals surface area contributed by atoms with Crippen LogP contribution in [0.3, 0.4) is 0 Å². The van der Waals surface area contributed by atoms with Crippen LogP contribution >= 0.6 is 0 Å². The Bertz CT molecular complexity index is 808. The predicted octanol–water partition coefficient (Wildman–Crippen LogP) is 3.09. The van der Waals surface area contributed by atoms with Gasteiger partial charge in [-0.15, -0.1) is 0 Å². The molecule has 0 spiro atoms. The van der Waals surface area contributed by atoms with Crippen molar-refractivity contribution in [3.05, 3.63) is 60.3 Å². The van der Waals surface area contributed by atoms with Gasteiger partial charge in [0.2, 0.25) is 0 Å². The highest BCUT2D eigenvalue weighted by atomic mass is 16.5. The molecular formula is C18H17N3O2. The SMILES string of the molecule is COC(=O)Cn1nc(-c2ccc(C)cn2)cc1-c1ccccc1. The molecule has 2 heterocycles. The van der Waals surface area contributed by atoms with Crippen molar-refractivity contribution < 1.29 is 9.53 Å². The Labute approximate surface area is 134 Å². The highest BCUT2D eigenvalue weighted by molar-refractivity contribution is 5.72. The third-order valence-electron chi connectivity index (χ3n) is 3.53. The summed E-state index contributed by atoms with van der Waals surface area (Å²) in [5.41, 5.74) is 4.44. The van der Waals surface area contributed by atoms with Gasteiger partial charge in [0, 0.05) is 6.20 Å². The van der Waals surface area contributed by atoms with Gasteiger partial charge in [-0.1, -0.05) is 36.4 Å². The van der Waals surface area contributed by atoms with Crippen molar-refractivity contribution in [2.24, 2.45) is 0 Å². The third-order valence-corrected chi connectivity index (χ3v) is 3.53. The molecule has 0 saturated heterocycles. The highest BCUT2D eigenvalue weighted by Crippen LogP contribution is 2.25. The molecule has 1 aromatic carbocycles. The van der Waals surface area contributed by atoms with Crippen molar-refractivity contribution in [1.82, 2.24) is 14.8 Å². The van der Waals surface area contributed by atoms with Crippen LogP contribution in [0, 0.1) is 6.92 Å². The number of aryl methyl sites for hydroxylation is 1. The van der Waals surface area contributed by atoms with E-state index in [1.165, 1.54) is 7.11 Å². The molecule has 0 amide bonds. The molecule has 3 rings (SSSR count). The lowest BCUT2D eigenvalue weighted by atomic mass is 10.1. The van der Waals surface area contributed by atoms with Crippen LogP contribution in [0.15, 0.2) is 54.7 Å². The number of pyridine rings is 1. The number of nitrogens with zero attached hydrogens (tertiary/aromatic N) is 3. The number of rotatable bonds is 4. The minimum Gasteiger partial charge on any atom is -0.468 e. The first-order valence-electron chi connectivity index (χ1n) is 7.30.